The van der Waals surface area contributed by atoms with Crippen molar-refractivity contribution in [1.82, 2.24) is 15.2 Å². The van der Waals surface area contributed by atoms with Crippen LogP contribution in [0.2, 0.25) is 0 Å². The molecule has 4 rings (SSSR count). The van der Waals surface area contributed by atoms with Gasteiger partial charge in [-0.2, -0.15) is 5.10 Å². The van der Waals surface area contributed by atoms with Crippen molar-refractivity contribution < 1.29 is 9.84 Å². The number of nitrogens with zero attached hydrogens (tertiary/aromatic N) is 1. The zero-order valence-corrected chi connectivity index (χ0v) is 14.4. The van der Waals surface area contributed by atoms with Gasteiger partial charge in [0.2, 0.25) is 0 Å². The van der Waals surface area contributed by atoms with E-state index in [-0.39, 0.29) is 18.1 Å². The van der Waals surface area contributed by atoms with E-state index in [9.17, 15) is 9.90 Å². The maximum atomic E-state index is 12.6. The van der Waals surface area contributed by atoms with E-state index in [4.69, 9.17) is 4.74 Å². The Morgan fingerprint density at radius 1 is 1.54 bits per heavy atom. The Hall–Kier alpha value is -1.96. The summed E-state index contributed by atoms with van der Waals surface area (Å²) in [6.07, 6.45) is 4.33. The minimum absolute atomic E-state index is 0.0170. The number of aliphatic hydroxyl groups is 1. The highest BCUT2D eigenvalue weighted by Crippen LogP contribution is 2.41. The molecule has 0 fully saturated rings. The molecule has 7 heteroatoms. The van der Waals surface area contributed by atoms with Gasteiger partial charge in [0.15, 0.2) is 0 Å². The first kappa shape index (κ1) is 15.6. The lowest BCUT2D eigenvalue weighted by molar-refractivity contribution is -0.109. The summed E-state index contributed by atoms with van der Waals surface area (Å²) in [6.45, 7) is 4.60. The fraction of sp³-hybridized carbons (Fsp3) is 0.412. The van der Waals surface area contributed by atoms with Crippen LogP contribution < -0.4 is 5.56 Å². The average Bonchev–Trinajstić information content (AvgIpc) is 3.24. The standard InChI is InChI=1S/C17H19N3O3S/c1-3-9(2)17(22)8-23-7-12-11-4-13(10-5-18-19-6-10)24-14(11)16(21)20-15(12)17/h4-6,9,22H,3,7-8H2,1-2H3,(H,18,19)(H,20,21)/t9-,17-/m1/s1. The number of hydrogen-bond donors (Lipinski definition) is 3. The van der Waals surface area contributed by atoms with Crippen LogP contribution >= 0.6 is 11.3 Å². The third-order valence-electron chi connectivity index (χ3n) is 5.02. The largest absolute Gasteiger partial charge is 0.381 e. The third kappa shape index (κ3) is 2.16. The third-order valence-corrected chi connectivity index (χ3v) is 6.20. The molecular weight excluding hydrogens is 326 g/mol. The van der Waals surface area contributed by atoms with Crippen LogP contribution in [0, 0.1) is 5.92 Å². The highest BCUT2D eigenvalue weighted by Gasteiger charge is 2.41. The van der Waals surface area contributed by atoms with Gasteiger partial charge in [0.1, 0.15) is 10.3 Å². The molecule has 0 saturated carbocycles. The molecule has 3 aromatic rings. The van der Waals surface area contributed by atoms with Crippen LogP contribution in [-0.2, 0) is 16.9 Å². The summed E-state index contributed by atoms with van der Waals surface area (Å²) in [6, 6.07) is 1.99. The number of aromatic nitrogens is 3. The summed E-state index contributed by atoms with van der Waals surface area (Å²) in [4.78, 5) is 16.5. The van der Waals surface area contributed by atoms with E-state index in [1.807, 2.05) is 19.9 Å². The van der Waals surface area contributed by atoms with Crippen molar-refractivity contribution in [2.24, 2.45) is 5.92 Å². The van der Waals surface area contributed by atoms with Crippen molar-refractivity contribution in [2.75, 3.05) is 6.61 Å². The van der Waals surface area contributed by atoms with E-state index < -0.39 is 5.60 Å². The van der Waals surface area contributed by atoms with Crippen molar-refractivity contribution in [1.29, 1.82) is 0 Å². The fourth-order valence-electron chi connectivity index (χ4n) is 3.32. The normalized spacial score (nSPS) is 21.8. The molecule has 1 aliphatic heterocycles. The van der Waals surface area contributed by atoms with Gasteiger partial charge < -0.3 is 14.8 Å². The van der Waals surface area contributed by atoms with Crippen LogP contribution in [0.4, 0.5) is 0 Å². The van der Waals surface area contributed by atoms with Gasteiger partial charge in [0.05, 0.1) is 25.1 Å². The number of ether oxygens (including phenoxy) is 1. The summed E-state index contributed by atoms with van der Waals surface area (Å²) < 4.78 is 6.35. The van der Waals surface area contributed by atoms with Gasteiger partial charge in [-0.3, -0.25) is 9.89 Å². The molecule has 0 radical (unpaired) electrons. The Kier molecular flexibility index (Phi) is 3.59. The molecule has 126 valence electrons. The van der Waals surface area contributed by atoms with Gasteiger partial charge in [-0.15, -0.1) is 11.3 Å². The first-order valence-electron chi connectivity index (χ1n) is 8.03. The van der Waals surface area contributed by atoms with Crippen LogP contribution in [0.25, 0.3) is 20.5 Å². The second-order valence-electron chi connectivity index (χ2n) is 6.37. The SMILES string of the molecule is CC[C@@H](C)[C@]1(O)COCc2c1[nH]c(=O)c1sc(-c3cn[nH]c3)cc21. The second kappa shape index (κ2) is 5.54. The van der Waals surface area contributed by atoms with E-state index in [1.54, 1.807) is 12.4 Å². The molecule has 3 N–H and O–H groups in total. The van der Waals surface area contributed by atoms with E-state index in [0.717, 1.165) is 27.8 Å². The lowest BCUT2D eigenvalue weighted by Crippen LogP contribution is -2.44. The summed E-state index contributed by atoms with van der Waals surface area (Å²) >= 11 is 1.43. The lowest BCUT2D eigenvalue weighted by atomic mass is 9.81. The predicted molar refractivity (Wildman–Crippen MR) is 93.0 cm³/mol. The van der Waals surface area contributed by atoms with Crippen molar-refractivity contribution in [2.45, 2.75) is 32.5 Å². The van der Waals surface area contributed by atoms with Gasteiger partial charge >= 0.3 is 0 Å². The molecule has 6 nitrogen and oxygen atoms in total. The molecule has 1 aliphatic rings. The molecule has 3 aromatic heterocycles. The number of nitrogens with one attached hydrogen (secondary N) is 2. The number of pyridine rings is 1. The minimum Gasteiger partial charge on any atom is -0.381 e. The van der Waals surface area contributed by atoms with Crippen molar-refractivity contribution in [3.05, 3.63) is 40.1 Å². The molecular formula is C17H19N3O3S. The molecule has 4 heterocycles. The van der Waals surface area contributed by atoms with E-state index in [1.165, 1.54) is 11.3 Å². The topological polar surface area (TPSA) is 91.0 Å². The van der Waals surface area contributed by atoms with E-state index in [0.29, 0.717) is 17.0 Å². The quantitative estimate of drug-likeness (QED) is 0.681. The molecule has 0 saturated heterocycles. The van der Waals surface area contributed by atoms with Gasteiger partial charge in [-0.1, -0.05) is 20.3 Å². The number of hydrogen-bond acceptors (Lipinski definition) is 5. The fourth-order valence-corrected chi connectivity index (χ4v) is 4.38. The molecule has 0 aliphatic carbocycles. The zero-order chi connectivity index (χ0) is 16.9. The van der Waals surface area contributed by atoms with Crippen LogP contribution in [-0.4, -0.2) is 26.9 Å². The maximum absolute atomic E-state index is 12.6. The Morgan fingerprint density at radius 3 is 3.08 bits per heavy atom. The van der Waals surface area contributed by atoms with Crippen molar-refractivity contribution in [3.63, 3.8) is 0 Å². The summed E-state index contributed by atoms with van der Waals surface area (Å²) in [5.41, 5.74) is 1.11. The lowest BCUT2D eigenvalue weighted by Gasteiger charge is -2.38. The first-order chi connectivity index (χ1) is 11.5. The number of thiophene rings is 1. The Balaban J connectivity index is 1.97. The van der Waals surface area contributed by atoms with Crippen LogP contribution in [0.3, 0.4) is 0 Å². The highest BCUT2D eigenvalue weighted by molar-refractivity contribution is 7.22. The van der Waals surface area contributed by atoms with Crippen molar-refractivity contribution in [3.8, 4) is 10.4 Å². The Bertz CT molecular complexity index is 944. The Labute approximate surface area is 142 Å². The highest BCUT2D eigenvalue weighted by atomic mass is 32.1. The van der Waals surface area contributed by atoms with Crippen molar-refractivity contribution >= 4 is 21.4 Å². The van der Waals surface area contributed by atoms with Gasteiger partial charge in [0, 0.05) is 27.6 Å². The molecule has 24 heavy (non-hydrogen) atoms. The van der Waals surface area contributed by atoms with E-state index in [2.05, 4.69) is 15.2 Å². The monoisotopic (exact) mass is 345 g/mol. The predicted octanol–water partition coefficient (Wildman–Crippen LogP) is 2.74. The van der Waals surface area contributed by atoms with Crippen LogP contribution in [0.1, 0.15) is 31.5 Å². The van der Waals surface area contributed by atoms with Gasteiger partial charge in [-0.25, -0.2) is 0 Å². The van der Waals surface area contributed by atoms with Gasteiger partial charge in [0.25, 0.3) is 5.56 Å². The molecule has 2 atom stereocenters. The average molecular weight is 345 g/mol. The summed E-state index contributed by atoms with van der Waals surface area (Å²) in [5.74, 6) is -0.0170. The van der Waals surface area contributed by atoms with E-state index >= 15 is 0 Å². The van der Waals surface area contributed by atoms with Crippen LogP contribution in [0.15, 0.2) is 23.3 Å². The summed E-state index contributed by atoms with van der Waals surface area (Å²) in [7, 11) is 0. The molecule has 0 spiro atoms. The second-order valence-corrected chi connectivity index (χ2v) is 7.43. The Morgan fingerprint density at radius 2 is 2.38 bits per heavy atom. The van der Waals surface area contributed by atoms with Crippen LogP contribution in [0.5, 0.6) is 0 Å². The number of aromatic amines is 2. The summed E-state index contributed by atoms with van der Waals surface area (Å²) in [5, 5.41) is 18.8. The molecule has 0 amide bonds. The number of fused-ring (bicyclic) bond motifs is 3. The number of H-pyrrole nitrogens is 2. The zero-order valence-electron chi connectivity index (χ0n) is 13.5. The molecule has 0 unspecified atom stereocenters. The smallest absolute Gasteiger partial charge is 0.266 e. The maximum Gasteiger partial charge on any atom is 0.266 e. The first-order valence-corrected chi connectivity index (χ1v) is 8.84. The minimum atomic E-state index is -1.16. The van der Waals surface area contributed by atoms with Gasteiger partial charge in [-0.05, 0) is 12.0 Å². The molecule has 0 aromatic carbocycles. The molecule has 0 bridgehead atoms. The number of rotatable bonds is 3.